The monoisotopic (exact) mass is 337 g/mol. The predicted octanol–water partition coefficient (Wildman–Crippen LogP) is 5.11. The molecule has 0 spiro atoms. The Morgan fingerprint density at radius 2 is 1.60 bits per heavy atom. The van der Waals surface area contributed by atoms with Gasteiger partial charge in [0.2, 0.25) is 5.91 Å². The molecule has 0 bridgehead atoms. The second-order valence-corrected chi connectivity index (χ2v) is 7.27. The van der Waals surface area contributed by atoms with Crippen molar-refractivity contribution < 1.29 is 4.79 Å². The number of aryl methyl sites for hydroxylation is 4. The van der Waals surface area contributed by atoms with E-state index in [0.717, 1.165) is 25.8 Å². The maximum atomic E-state index is 12.0. The number of hydrogen-bond acceptors (Lipinski definition) is 1. The molecule has 0 saturated heterocycles. The van der Waals surface area contributed by atoms with Gasteiger partial charge in [0.25, 0.3) is 0 Å². The number of carbonyl (C=O) groups excluding carboxylic acids is 1. The fraction of sp³-hybridized carbons (Fsp3) is 0.435. The largest absolute Gasteiger partial charge is 0.356 e. The minimum absolute atomic E-state index is 0.147. The topological polar surface area (TPSA) is 29.1 Å². The van der Waals surface area contributed by atoms with Gasteiger partial charge in [-0.15, -0.1) is 0 Å². The van der Waals surface area contributed by atoms with Gasteiger partial charge < -0.3 is 5.32 Å². The Kier molecular flexibility index (Phi) is 7.24. The normalized spacial score (nSPS) is 10.9. The molecule has 134 valence electrons. The molecule has 1 N–H and O–H groups in total. The van der Waals surface area contributed by atoms with E-state index in [0.29, 0.717) is 12.3 Å². The molecule has 0 unspecified atom stereocenters. The van der Waals surface area contributed by atoms with Crippen molar-refractivity contribution in [2.75, 3.05) is 6.54 Å². The van der Waals surface area contributed by atoms with Gasteiger partial charge in [0.1, 0.15) is 0 Å². The van der Waals surface area contributed by atoms with Gasteiger partial charge in [0.15, 0.2) is 0 Å². The number of carbonyl (C=O) groups is 1. The number of rotatable bonds is 8. The highest BCUT2D eigenvalue weighted by atomic mass is 16.1. The summed E-state index contributed by atoms with van der Waals surface area (Å²) in [6.07, 6.45) is 3.36. The zero-order valence-corrected chi connectivity index (χ0v) is 16.1. The highest BCUT2D eigenvalue weighted by Gasteiger charge is 2.04. The summed E-state index contributed by atoms with van der Waals surface area (Å²) in [6.45, 7) is 9.40. The van der Waals surface area contributed by atoms with Crippen LogP contribution in [0.25, 0.3) is 0 Å². The third kappa shape index (κ3) is 6.38. The van der Waals surface area contributed by atoms with Crippen molar-refractivity contribution in [2.24, 2.45) is 0 Å². The Bertz CT molecular complexity index is 686. The van der Waals surface area contributed by atoms with E-state index in [2.05, 4.69) is 75.5 Å². The molecule has 0 aliphatic carbocycles. The third-order valence-electron chi connectivity index (χ3n) is 4.82. The van der Waals surface area contributed by atoms with E-state index in [1.165, 1.54) is 27.8 Å². The van der Waals surface area contributed by atoms with Crippen LogP contribution in [-0.4, -0.2) is 12.5 Å². The summed E-state index contributed by atoms with van der Waals surface area (Å²) in [5.41, 5.74) is 6.55. The van der Waals surface area contributed by atoms with Crippen LogP contribution in [0.4, 0.5) is 0 Å². The van der Waals surface area contributed by atoms with Crippen LogP contribution in [0, 0.1) is 13.8 Å². The highest BCUT2D eigenvalue weighted by molar-refractivity contribution is 5.76. The SMILES string of the molecule is Cc1ccc(CCC(=O)NCCCc2ccc(C(C)C)cc2)cc1C. The van der Waals surface area contributed by atoms with Crippen molar-refractivity contribution in [3.8, 4) is 0 Å². The number of benzene rings is 2. The molecule has 0 aliphatic rings. The van der Waals surface area contributed by atoms with Crippen molar-refractivity contribution in [3.05, 3.63) is 70.3 Å². The van der Waals surface area contributed by atoms with Gasteiger partial charge in [-0.2, -0.15) is 0 Å². The van der Waals surface area contributed by atoms with E-state index >= 15 is 0 Å². The van der Waals surface area contributed by atoms with E-state index in [1.54, 1.807) is 0 Å². The number of hydrogen-bond donors (Lipinski definition) is 1. The Hall–Kier alpha value is -2.09. The van der Waals surface area contributed by atoms with Crippen LogP contribution < -0.4 is 5.32 Å². The molecule has 2 heteroatoms. The first kappa shape index (κ1) is 19.2. The van der Waals surface area contributed by atoms with Crippen molar-refractivity contribution in [3.63, 3.8) is 0 Å². The van der Waals surface area contributed by atoms with Crippen LogP contribution >= 0.6 is 0 Å². The zero-order valence-electron chi connectivity index (χ0n) is 16.1. The third-order valence-corrected chi connectivity index (χ3v) is 4.82. The van der Waals surface area contributed by atoms with Crippen molar-refractivity contribution in [1.82, 2.24) is 5.32 Å². The van der Waals surface area contributed by atoms with Crippen LogP contribution in [0.2, 0.25) is 0 Å². The van der Waals surface area contributed by atoms with Crippen molar-refractivity contribution >= 4 is 5.91 Å². The first-order chi connectivity index (χ1) is 12.0. The molecule has 2 rings (SSSR count). The van der Waals surface area contributed by atoms with Gasteiger partial charge in [-0.1, -0.05) is 56.3 Å². The van der Waals surface area contributed by atoms with Gasteiger partial charge in [-0.3, -0.25) is 4.79 Å². The molecule has 0 atom stereocenters. The first-order valence-corrected chi connectivity index (χ1v) is 9.37. The Morgan fingerprint density at radius 3 is 2.24 bits per heavy atom. The summed E-state index contributed by atoms with van der Waals surface area (Å²) >= 11 is 0. The van der Waals surface area contributed by atoms with Gasteiger partial charge in [0.05, 0.1) is 0 Å². The summed E-state index contributed by atoms with van der Waals surface area (Å²) in [4.78, 5) is 12.0. The fourth-order valence-electron chi connectivity index (χ4n) is 2.89. The summed E-state index contributed by atoms with van der Waals surface area (Å²) in [7, 11) is 0. The van der Waals surface area contributed by atoms with Crippen LogP contribution in [0.3, 0.4) is 0 Å². The Morgan fingerprint density at radius 1 is 0.920 bits per heavy atom. The lowest BCUT2D eigenvalue weighted by molar-refractivity contribution is -0.121. The first-order valence-electron chi connectivity index (χ1n) is 9.37. The van der Waals surface area contributed by atoms with E-state index < -0.39 is 0 Å². The molecule has 25 heavy (non-hydrogen) atoms. The van der Waals surface area contributed by atoms with Crippen molar-refractivity contribution in [1.29, 1.82) is 0 Å². The fourth-order valence-corrected chi connectivity index (χ4v) is 2.89. The Balaban J connectivity index is 1.65. The molecule has 2 aromatic rings. The lowest BCUT2D eigenvalue weighted by Gasteiger charge is -2.08. The quantitative estimate of drug-likeness (QED) is 0.666. The number of nitrogens with one attached hydrogen (secondary N) is 1. The molecule has 0 heterocycles. The van der Waals surface area contributed by atoms with Crippen molar-refractivity contribution in [2.45, 2.75) is 59.3 Å². The van der Waals surface area contributed by atoms with Gasteiger partial charge in [-0.05, 0) is 66.8 Å². The van der Waals surface area contributed by atoms with Gasteiger partial charge in [0, 0.05) is 13.0 Å². The maximum Gasteiger partial charge on any atom is 0.220 e. The molecule has 0 saturated carbocycles. The molecule has 0 aliphatic heterocycles. The molecule has 0 fully saturated rings. The standard InChI is InChI=1S/C23H31NO/c1-17(2)22-12-9-20(10-13-22)6-5-15-24-23(25)14-11-21-8-7-18(3)19(4)16-21/h7-10,12-13,16-17H,5-6,11,14-15H2,1-4H3,(H,24,25). The van der Waals surface area contributed by atoms with Crippen LogP contribution in [0.5, 0.6) is 0 Å². The van der Waals surface area contributed by atoms with Gasteiger partial charge in [-0.25, -0.2) is 0 Å². The second-order valence-electron chi connectivity index (χ2n) is 7.27. The second kappa shape index (κ2) is 9.41. The molecule has 0 radical (unpaired) electrons. The molecule has 0 aromatic heterocycles. The molecule has 1 amide bonds. The molecular weight excluding hydrogens is 306 g/mol. The molecular formula is C23H31NO. The zero-order chi connectivity index (χ0) is 18.2. The number of amides is 1. The van der Waals surface area contributed by atoms with Crippen LogP contribution in [0.15, 0.2) is 42.5 Å². The maximum absolute atomic E-state index is 12.0. The average Bonchev–Trinajstić information content (AvgIpc) is 2.60. The van der Waals surface area contributed by atoms with E-state index in [1.807, 2.05) is 0 Å². The summed E-state index contributed by atoms with van der Waals surface area (Å²) in [5, 5.41) is 3.04. The summed E-state index contributed by atoms with van der Waals surface area (Å²) in [6, 6.07) is 15.3. The summed E-state index contributed by atoms with van der Waals surface area (Å²) < 4.78 is 0. The van der Waals surface area contributed by atoms with Crippen LogP contribution in [0.1, 0.15) is 60.4 Å². The predicted molar refractivity (Wildman–Crippen MR) is 106 cm³/mol. The Labute approximate surface area is 152 Å². The average molecular weight is 338 g/mol. The van der Waals surface area contributed by atoms with Gasteiger partial charge >= 0.3 is 0 Å². The smallest absolute Gasteiger partial charge is 0.220 e. The minimum Gasteiger partial charge on any atom is -0.356 e. The lowest BCUT2D eigenvalue weighted by atomic mass is 10.0. The summed E-state index contributed by atoms with van der Waals surface area (Å²) in [5.74, 6) is 0.721. The highest BCUT2D eigenvalue weighted by Crippen LogP contribution is 2.15. The van der Waals surface area contributed by atoms with E-state index in [9.17, 15) is 4.79 Å². The van der Waals surface area contributed by atoms with E-state index in [4.69, 9.17) is 0 Å². The lowest BCUT2D eigenvalue weighted by Crippen LogP contribution is -2.25. The molecule has 2 nitrogen and oxygen atoms in total. The van der Waals surface area contributed by atoms with E-state index in [-0.39, 0.29) is 5.91 Å². The molecule has 2 aromatic carbocycles. The minimum atomic E-state index is 0.147. The van der Waals surface area contributed by atoms with Crippen LogP contribution in [-0.2, 0) is 17.6 Å².